The molecule has 0 spiro atoms. The first-order valence-corrected chi connectivity index (χ1v) is 6.78. The normalized spacial score (nSPS) is 12.8. The highest BCUT2D eigenvalue weighted by atomic mass is 35.5. The molecule has 110 valence electrons. The molecule has 1 amide bonds. The Bertz CT molecular complexity index is 520. The predicted octanol–water partition coefficient (Wildman–Crippen LogP) is 3.27. The first-order chi connectivity index (χ1) is 9.11. The van der Waals surface area contributed by atoms with Gasteiger partial charge in [-0.25, -0.2) is 4.79 Å². The molecule has 1 aromatic rings. The van der Waals surface area contributed by atoms with Crippen LogP contribution >= 0.6 is 11.6 Å². The van der Waals surface area contributed by atoms with Crippen LogP contribution in [0.15, 0.2) is 18.2 Å². The van der Waals surface area contributed by atoms with Crippen LogP contribution in [-0.4, -0.2) is 23.0 Å². The average Bonchev–Trinajstić information content (AvgIpc) is 2.29. The molecule has 0 aliphatic carbocycles. The molecule has 1 unspecified atom stereocenters. The fourth-order valence-electron chi connectivity index (χ4n) is 1.87. The molecule has 0 aliphatic rings. The molecule has 1 rings (SSSR count). The molecule has 0 saturated heterocycles. The number of halogens is 1. The van der Waals surface area contributed by atoms with E-state index in [2.05, 4.69) is 5.32 Å². The van der Waals surface area contributed by atoms with Gasteiger partial charge in [-0.3, -0.25) is 4.79 Å². The van der Waals surface area contributed by atoms with Crippen molar-refractivity contribution in [3.8, 4) is 0 Å². The van der Waals surface area contributed by atoms with Gasteiger partial charge in [0.25, 0.3) is 5.91 Å². The molecule has 20 heavy (non-hydrogen) atoms. The lowest BCUT2D eigenvalue weighted by molar-refractivity contribution is -0.140. The third-order valence-corrected chi connectivity index (χ3v) is 3.36. The zero-order chi connectivity index (χ0) is 15.5. The smallest absolute Gasteiger partial charge is 0.326 e. The third-order valence-electron chi connectivity index (χ3n) is 2.86. The zero-order valence-corrected chi connectivity index (χ0v) is 12.9. The Kier molecular flexibility index (Phi) is 5.17. The van der Waals surface area contributed by atoms with Crippen LogP contribution < -0.4 is 5.32 Å². The van der Waals surface area contributed by atoms with E-state index in [1.165, 1.54) is 0 Å². The van der Waals surface area contributed by atoms with E-state index < -0.39 is 17.9 Å². The molecular formula is C15H20ClNO3. The second-order valence-corrected chi connectivity index (χ2v) is 6.44. The zero-order valence-electron chi connectivity index (χ0n) is 12.2. The number of rotatable bonds is 4. The fraction of sp³-hybridized carbons (Fsp3) is 0.467. The number of hydrogen-bond donors (Lipinski definition) is 2. The van der Waals surface area contributed by atoms with Crippen molar-refractivity contribution in [1.29, 1.82) is 0 Å². The van der Waals surface area contributed by atoms with E-state index in [1.807, 2.05) is 20.8 Å². The number of carboxylic acid groups (broad SMARTS) is 1. The number of benzene rings is 1. The van der Waals surface area contributed by atoms with Crippen LogP contribution in [-0.2, 0) is 4.79 Å². The van der Waals surface area contributed by atoms with Gasteiger partial charge in [0.15, 0.2) is 0 Å². The molecular weight excluding hydrogens is 278 g/mol. The number of carbonyl (C=O) groups is 2. The Hall–Kier alpha value is -1.55. The summed E-state index contributed by atoms with van der Waals surface area (Å²) < 4.78 is 0. The third kappa shape index (κ3) is 4.53. The maximum Gasteiger partial charge on any atom is 0.326 e. The maximum atomic E-state index is 12.2. The van der Waals surface area contributed by atoms with E-state index >= 15 is 0 Å². The van der Waals surface area contributed by atoms with Crippen LogP contribution in [0.25, 0.3) is 0 Å². The number of amides is 1. The SMILES string of the molecule is Cc1cccc(C(=O)NC(CC(C)(C)C)C(=O)O)c1Cl. The largest absolute Gasteiger partial charge is 0.480 e. The van der Waals surface area contributed by atoms with E-state index in [-0.39, 0.29) is 5.41 Å². The highest BCUT2D eigenvalue weighted by molar-refractivity contribution is 6.34. The van der Waals surface area contributed by atoms with E-state index in [4.69, 9.17) is 11.6 Å². The highest BCUT2D eigenvalue weighted by Gasteiger charge is 2.27. The molecule has 0 aliphatic heterocycles. The lowest BCUT2D eigenvalue weighted by atomic mass is 9.88. The topological polar surface area (TPSA) is 66.4 Å². The Morgan fingerprint density at radius 1 is 1.35 bits per heavy atom. The number of hydrogen-bond acceptors (Lipinski definition) is 2. The molecule has 5 heteroatoms. The fourth-order valence-corrected chi connectivity index (χ4v) is 2.08. The van der Waals surface area contributed by atoms with Crippen LogP contribution in [0, 0.1) is 12.3 Å². The number of carbonyl (C=O) groups excluding carboxylic acids is 1. The van der Waals surface area contributed by atoms with Gasteiger partial charge in [0, 0.05) is 0 Å². The summed E-state index contributed by atoms with van der Waals surface area (Å²) in [6.07, 6.45) is 0.345. The van der Waals surface area contributed by atoms with Gasteiger partial charge in [-0.15, -0.1) is 0 Å². The molecule has 0 fully saturated rings. The molecule has 2 N–H and O–H groups in total. The van der Waals surface area contributed by atoms with Crippen molar-refractivity contribution in [3.05, 3.63) is 34.3 Å². The Morgan fingerprint density at radius 3 is 2.45 bits per heavy atom. The van der Waals surface area contributed by atoms with Crippen molar-refractivity contribution >= 4 is 23.5 Å². The minimum absolute atomic E-state index is 0.202. The monoisotopic (exact) mass is 297 g/mol. The number of aliphatic carboxylic acids is 1. The van der Waals surface area contributed by atoms with Crippen molar-refractivity contribution in [2.45, 2.75) is 40.2 Å². The van der Waals surface area contributed by atoms with E-state index in [1.54, 1.807) is 25.1 Å². The molecule has 1 aromatic carbocycles. The summed E-state index contributed by atoms with van der Waals surface area (Å²) >= 11 is 6.08. The van der Waals surface area contributed by atoms with Crippen LogP contribution in [0.1, 0.15) is 43.1 Å². The summed E-state index contributed by atoms with van der Waals surface area (Å²) in [5.74, 6) is -1.51. The maximum absolute atomic E-state index is 12.2. The Balaban J connectivity index is 2.92. The summed E-state index contributed by atoms with van der Waals surface area (Å²) in [4.78, 5) is 23.4. The Labute approximate surface area is 124 Å². The van der Waals surface area contributed by atoms with Crippen molar-refractivity contribution in [2.75, 3.05) is 0 Å². The molecule has 1 atom stereocenters. The van der Waals surface area contributed by atoms with Crippen LogP contribution in [0.2, 0.25) is 5.02 Å². The molecule has 0 saturated carbocycles. The minimum atomic E-state index is -1.04. The van der Waals surface area contributed by atoms with E-state index in [0.29, 0.717) is 17.0 Å². The predicted molar refractivity (Wildman–Crippen MR) is 79.2 cm³/mol. The van der Waals surface area contributed by atoms with Crippen molar-refractivity contribution < 1.29 is 14.7 Å². The van der Waals surface area contributed by atoms with Gasteiger partial charge in [0.1, 0.15) is 6.04 Å². The van der Waals surface area contributed by atoms with Gasteiger partial charge in [-0.2, -0.15) is 0 Å². The first kappa shape index (κ1) is 16.5. The van der Waals surface area contributed by atoms with Gasteiger partial charge in [-0.05, 0) is 30.4 Å². The van der Waals surface area contributed by atoms with Gasteiger partial charge < -0.3 is 10.4 Å². The lowest BCUT2D eigenvalue weighted by Gasteiger charge is -2.24. The lowest BCUT2D eigenvalue weighted by Crippen LogP contribution is -2.43. The van der Waals surface area contributed by atoms with Crippen LogP contribution in [0.3, 0.4) is 0 Å². The number of aryl methyl sites for hydroxylation is 1. The highest BCUT2D eigenvalue weighted by Crippen LogP contribution is 2.23. The summed E-state index contributed by atoms with van der Waals surface area (Å²) in [5, 5.41) is 12.1. The number of nitrogens with one attached hydrogen (secondary N) is 1. The molecule has 0 aromatic heterocycles. The summed E-state index contributed by atoms with van der Waals surface area (Å²) in [6, 6.07) is 4.17. The molecule has 0 bridgehead atoms. The second kappa shape index (κ2) is 6.27. The van der Waals surface area contributed by atoms with Crippen LogP contribution in [0.5, 0.6) is 0 Å². The standard InChI is InChI=1S/C15H20ClNO3/c1-9-6-5-7-10(12(9)16)13(18)17-11(14(19)20)8-15(2,3)4/h5-7,11H,8H2,1-4H3,(H,17,18)(H,19,20). The first-order valence-electron chi connectivity index (χ1n) is 6.40. The Morgan fingerprint density at radius 2 is 1.95 bits per heavy atom. The van der Waals surface area contributed by atoms with Gasteiger partial charge in [0.2, 0.25) is 0 Å². The summed E-state index contributed by atoms with van der Waals surface area (Å²) in [5.41, 5.74) is 0.876. The summed E-state index contributed by atoms with van der Waals surface area (Å²) in [6.45, 7) is 7.57. The summed E-state index contributed by atoms with van der Waals surface area (Å²) in [7, 11) is 0. The van der Waals surface area contributed by atoms with Crippen LogP contribution in [0.4, 0.5) is 0 Å². The molecule has 4 nitrogen and oxygen atoms in total. The second-order valence-electron chi connectivity index (χ2n) is 6.07. The van der Waals surface area contributed by atoms with Crippen molar-refractivity contribution in [2.24, 2.45) is 5.41 Å². The minimum Gasteiger partial charge on any atom is -0.480 e. The van der Waals surface area contributed by atoms with Gasteiger partial charge >= 0.3 is 5.97 Å². The average molecular weight is 298 g/mol. The molecule has 0 radical (unpaired) electrons. The van der Waals surface area contributed by atoms with E-state index in [0.717, 1.165) is 5.56 Å². The number of carboxylic acids is 1. The van der Waals surface area contributed by atoms with Gasteiger partial charge in [-0.1, -0.05) is 44.5 Å². The van der Waals surface area contributed by atoms with Gasteiger partial charge in [0.05, 0.1) is 10.6 Å². The van der Waals surface area contributed by atoms with Crippen molar-refractivity contribution in [1.82, 2.24) is 5.32 Å². The van der Waals surface area contributed by atoms with Crippen molar-refractivity contribution in [3.63, 3.8) is 0 Å². The molecule has 0 heterocycles. The van der Waals surface area contributed by atoms with E-state index in [9.17, 15) is 14.7 Å². The quantitative estimate of drug-likeness (QED) is 0.896.